The van der Waals surface area contributed by atoms with E-state index in [2.05, 4.69) is 19.1 Å². The van der Waals surface area contributed by atoms with Gasteiger partial charge in [0.25, 0.3) is 0 Å². The third-order valence-corrected chi connectivity index (χ3v) is 2.55. The molecular weight excluding hydrogens is 136 g/mol. The van der Waals surface area contributed by atoms with Gasteiger partial charge in [-0.15, -0.1) is 0 Å². The van der Waals surface area contributed by atoms with Crippen LogP contribution in [-0.2, 0) is 0 Å². The van der Waals surface area contributed by atoms with Crippen LogP contribution in [0, 0.1) is 11.8 Å². The third kappa shape index (κ3) is 2.66. The molecule has 1 rings (SSSR count). The predicted molar refractivity (Wildman–Crippen MR) is 47.3 cm³/mol. The number of rotatable bonds is 2. The minimum Gasteiger partial charge on any atom is -0.396 e. The zero-order valence-electron chi connectivity index (χ0n) is 7.29. The molecule has 0 radical (unpaired) electrons. The zero-order valence-corrected chi connectivity index (χ0v) is 7.29. The molecular formula is C10H18O. The second-order valence-electron chi connectivity index (χ2n) is 3.50. The molecule has 0 aromatic carbocycles. The van der Waals surface area contributed by atoms with Crippen LogP contribution in [0.4, 0.5) is 0 Å². The molecule has 0 aromatic heterocycles. The highest BCUT2D eigenvalue weighted by molar-refractivity contribution is 4.89. The summed E-state index contributed by atoms with van der Waals surface area (Å²) in [5.41, 5.74) is 0. The predicted octanol–water partition coefficient (Wildman–Crippen LogP) is 2.36. The second-order valence-corrected chi connectivity index (χ2v) is 3.50. The van der Waals surface area contributed by atoms with Gasteiger partial charge in [-0.3, -0.25) is 0 Å². The van der Waals surface area contributed by atoms with E-state index < -0.39 is 0 Å². The van der Waals surface area contributed by atoms with Gasteiger partial charge < -0.3 is 5.11 Å². The lowest BCUT2D eigenvalue weighted by atomic mass is 9.82. The van der Waals surface area contributed by atoms with Crippen molar-refractivity contribution < 1.29 is 5.11 Å². The fourth-order valence-corrected chi connectivity index (χ4v) is 1.95. The summed E-state index contributed by atoms with van der Waals surface area (Å²) in [4.78, 5) is 0. The molecule has 0 heterocycles. The number of hydrogen-bond acceptors (Lipinski definition) is 1. The van der Waals surface area contributed by atoms with E-state index in [4.69, 9.17) is 5.11 Å². The van der Waals surface area contributed by atoms with Gasteiger partial charge in [0.15, 0.2) is 0 Å². The molecule has 1 heteroatoms. The van der Waals surface area contributed by atoms with Gasteiger partial charge in [-0.1, -0.05) is 18.6 Å². The molecule has 2 atom stereocenters. The van der Waals surface area contributed by atoms with Crippen LogP contribution in [0.2, 0.25) is 0 Å². The minimum absolute atomic E-state index is 0.383. The van der Waals surface area contributed by atoms with Crippen LogP contribution in [0.15, 0.2) is 12.2 Å². The van der Waals surface area contributed by atoms with Crippen molar-refractivity contribution in [1.82, 2.24) is 0 Å². The molecule has 11 heavy (non-hydrogen) atoms. The Morgan fingerprint density at radius 3 is 2.91 bits per heavy atom. The number of allylic oxidation sites excluding steroid dienone is 2. The topological polar surface area (TPSA) is 20.2 Å². The van der Waals surface area contributed by atoms with E-state index in [1.54, 1.807) is 0 Å². The first-order valence-corrected chi connectivity index (χ1v) is 4.60. The van der Waals surface area contributed by atoms with Crippen molar-refractivity contribution >= 4 is 0 Å². The molecule has 1 N–H and O–H groups in total. The van der Waals surface area contributed by atoms with Gasteiger partial charge in [0.05, 0.1) is 0 Å². The quantitative estimate of drug-likeness (QED) is 0.605. The first-order chi connectivity index (χ1) is 5.36. The van der Waals surface area contributed by atoms with Gasteiger partial charge >= 0.3 is 0 Å². The molecule has 1 fully saturated rings. The summed E-state index contributed by atoms with van der Waals surface area (Å²) in [6.45, 7) is 2.45. The van der Waals surface area contributed by atoms with Crippen molar-refractivity contribution in [2.24, 2.45) is 11.8 Å². The lowest BCUT2D eigenvalue weighted by Gasteiger charge is -2.25. The molecule has 0 bridgehead atoms. The molecule has 2 unspecified atom stereocenters. The van der Waals surface area contributed by atoms with Crippen molar-refractivity contribution in [3.8, 4) is 0 Å². The van der Waals surface area contributed by atoms with Crippen LogP contribution in [0.1, 0.15) is 32.6 Å². The lowest BCUT2D eigenvalue weighted by Crippen LogP contribution is -2.16. The number of aliphatic hydroxyl groups is 1. The van der Waals surface area contributed by atoms with Gasteiger partial charge in [-0.25, -0.2) is 0 Å². The monoisotopic (exact) mass is 154 g/mol. The van der Waals surface area contributed by atoms with E-state index >= 15 is 0 Å². The number of aliphatic hydroxyl groups excluding tert-OH is 1. The minimum atomic E-state index is 0.383. The van der Waals surface area contributed by atoms with Crippen molar-refractivity contribution in [2.75, 3.05) is 6.61 Å². The van der Waals surface area contributed by atoms with Gasteiger partial charge in [0.1, 0.15) is 0 Å². The fraction of sp³-hybridized carbons (Fsp3) is 0.800. The highest BCUT2D eigenvalue weighted by atomic mass is 16.3. The Morgan fingerprint density at radius 1 is 1.45 bits per heavy atom. The van der Waals surface area contributed by atoms with Crippen LogP contribution in [0.25, 0.3) is 0 Å². The molecule has 0 spiro atoms. The summed E-state index contributed by atoms with van der Waals surface area (Å²) in [7, 11) is 0. The van der Waals surface area contributed by atoms with Crippen LogP contribution >= 0.6 is 0 Å². The maximum absolute atomic E-state index is 8.95. The van der Waals surface area contributed by atoms with Gasteiger partial charge in [-0.05, 0) is 38.0 Å². The first-order valence-electron chi connectivity index (χ1n) is 4.60. The molecule has 0 aliphatic heterocycles. The Balaban J connectivity index is 2.33. The van der Waals surface area contributed by atoms with E-state index in [0.717, 1.165) is 5.92 Å². The van der Waals surface area contributed by atoms with Gasteiger partial charge in [0.2, 0.25) is 0 Å². The average Bonchev–Trinajstić information content (AvgIpc) is 2.06. The van der Waals surface area contributed by atoms with Crippen LogP contribution < -0.4 is 0 Å². The normalized spacial score (nSPS) is 32.9. The molecule has 0 saturated heterocycles. The van der Waals surface area contributed by atoms with Crippen molar-refractivity contribution in [1.29, 1.82) is 0 Å². The van der Waals surface area contributed by atoms with Crippen LogP contribution in [0.5, 0.6) is 0 Å². The maximum atomic E-state index is 8.95. The van der Waals surface area contributed by atoms with E-state index in [-0.39, 0.29) is 0 Å². The SMILES string of the molecule is CC=CC1CCCC(CO)C1. The van der Waals surface area contributed by atoms with Gasteiger partial charge in [-0.2, -0.15) is 0 Å². The Labute approximate surface area is 69.1 Å². The van der Waals surface area contributed by atoms with Crippen LogP contribution in [-0.4, -0.2) is 11.7 Å². The van der Waals surface area contributed by atoms with Crippen LogP contribution in [0.3, 0.4) is 0 Å². The standard InChI is InChI=1S/C10H18O/c1-2-4-9-5-3-6-10(7-9)8-11/h2,4,9-11H,3,5-8H2,1H3. The zero-order chi connectivity index (χ0) is 8.10. The van der Waals surface area contributed by atoms with Gasteiger partial charge in [0, 0.05) is 6.61 Å². The first kappa shape index (κ1) is 8.79. The summed E-state index contributed by atoms with van der Waals surface area (Å²) < 4.78 is 0. The molecule has 1 nitrogen and oxygen atoms in total. The van der Waals surface area contributed by atoms with Crippen molar-refractivity contribution in [3.63, 3.8) is 0 Å². The summed E-state index contributed by atoms with van der Waals surface area (Å²) in [6, 6.07) is 0. The van der Waals surface area contributed by atoms with E-state index in [9.17, 15) is 0 Å². The molecule has 0 amide bonds. The summed E-state index contributed by atoms with van der Waals surface area (Å²) in [5, 5.41) is 8.95. The largest absolute Gasteiger partial charge is 0.396 e. The van der Waals surface area contributed by atoms with E-state index in [0.29, 0.717) is 12.5 Å². The molecule has 0 aromatic rings. The highest BCUT2D eigenvalue weighted by Crippen LogP contribution is 2.29. The molecule has 1 aliphatic carbocycles. The second kappa shape index (κ2) is 4.55. The summed E-state index contributed by atoms with van der Waals surface area (Å²) in [6.07, 6.45) is 9.44. The van der Waals surface area contributed by atoms with E-state index in [1.807, 2.05) is 0 Å². The summed E-state index contributed by atoms with van der Waals surface area (Å²) in [5.74, 6) is 1.32. The fourth-order valence-electron chi connectivity index (χ4n) is 1.95. The average molecular weight is 154 g/mol. The molecule has 64 valence electrons. The van der Waals surface area contributed by atoms with E-state index in [1.165, 1.54) is 25.7 Å². The Morgan fingerprint density at radius 2 is 2.27 bits per heavy atom. The Bertz CT molecular complexity index is 129. The Hall–Kier alpha value is -0.300. The van der Waals surface area contributed by atoms with Crippen molar-refractivity contribution in [3.05, 3.63) is 12.2 Å². The van der Waals surface area contributed by atoms with Crippen molar-refractivity contribution in [2.45, 2.75) is 32.6 Å². The Kier molecular flexibility index (Phi) is 3.64. The highest BCUT2D eigenvalue weighted by Gasteiger charge is 2.18. The lowest BCUT2D eigenvalue weighted by molar-refractivity contribution is 0.173. The maximum Gasteiger partial charge on any atom is 0.0459 e. The smallest absolute Gasteiger partial charge is 0.0459 e. The third-order valence-electron chi connectivity index (χ3n) is 2.55. The molecule has 1 aliphatic rings. The number of hydrogen-bond donors (Lipinski definition) is 1. The molecule has 1 saturated carbocycles. The summed E-state index contributed by atoms with van der Waals surface area (Å²) >= 11 is 0.